The molecule has 19 heavy (non-hydrogen) atoms. The Hall–Kier alpha value is -2.37. The average Bonchev–Trinajstić information content (AvgIpc) is 2.43. The molecule has 0 aliphatic carbocycles. The highest BCUT2D eigenvalue weighted by molar-refractivity contribution is 6.07. The van der Waals surface area contributed by atoms with E-state index in [-0.39, 0.29) is 0 Å². The first-order valence-corrected chi connectivity index (χ1v) is 5.52. The number of nitrogens with one attached hydrogen (secondary N) is 1. The van der Waals surface area contributed by atoms with Gasteiger partial charge in [0.05, 0.1) is 14.2 Å². The predicted molar refractivity (Wildman–Crippen MR) is 66.9 cm³/mol. The van der Waals surface area contributed by atoms with Gasteiger partial charge in [-0.25, -0.2) is 4.79 Å². The van der Waals surface area contributed by atoms with Gasteiger partial charge in [0, 0.05) is 5.56 Å². The second-order valence-electron chi connectivity index (χ2n) is 3.77. The van der Waals surface area contributed by atoms with Crippen LogP contribution in [0.2, 0.25) is 0 Å². The average molecular weight is 265 g/mol. The summed E-state index contributed by atoms with van der Waals surface area (Å²) in [5, 5.41) is 2.32. The minimum atomic E-state index is -1.29. The van der Waals surface area contributed by atoms with Gasteiger partial charge >= 0.3 is 5.97 Å². The van der Waals surface area contributed by atoms with Crippen molar-refractivity contribution in [2.75, 3.05) is 14.2 Å². The number of ether oxygens (including phenoxy) is 2. The van der Waals surface area contributed by atoms with Crippen LogP contribution in [0.5, 0.6) is 5.75 Å². The van der Waals surface area contributed by atoms with E-state index in [9.17, 15) is 14.4 Å². The van der Waals surface area contributed by atoms with Crippen LogP contribution in [0.15, 0.2) is 24.3 Å². The van der Waals surface area contributed by atoms with E-state index in [1.165, 1.54) is 26.2 Å². The Morgan fingerprint density at radius 2 is 1.68 bits per heavy atom. The van der Waals surface area contributed by atoms with Crippen LogP contribution >= 0.6 is 0 Å². The van der Waals surface area contributed by atoms with Gasteiger partial charge in [-0.2, -0.15) is 0 Å². The lowest BCUT2D eigenvalue weighted by molar-refractivity contribution is -0.145. The molecule has 0 aliphatic heterocycles. The Kier molecular flexibility index (Phi) is 5.05. The van der Waals surface area contributed by atoms with Crippen molar-refractivity contribution in [1.29, 1.82) is 0 Å². The van der Waals surface area contributed by atoms with Gasteiger partial charge in [0.25, 0.3) is 5.91 Å². The summed E-state index contributed by atoms with van der Waals surface area (Å²) in [6.45, 7) is 1.20. The van der Waals surface area contributed by atoms with E-state index in [1.807, 2.05) is 0 Å². The molecule has 6 heteroatoms. The van der Waals surface area contributed by atoms with Gasteiger partial charge in [-0.3, -0.25) is 9.59 Å². The number of hydrogen-bond acceptors (Lipinski definition) is 5. The first kappa shape index (κ1) is 14.7. The largest absolute Gasteiger partial charge is 0.497 e. The number of methoxy groups -OCH3 is 2. The fourth-order valence-corrected chi connectivity index (χ4v) is 1.40. The molecule has 1 rings (SSSR count). The highest BCUT2D eigenvalue weighted by Crippen LogP contribution is 2.11. The molecule has 0 spiro atoms. The lowest BCUT2D eigenvalue weighted by Gasteiger charge is -2.13. The van der Waals surface area contributed by atoms with E-state index in [1.54, 1.807) is 12.1 Å². The SMILES string of the molecule is COC(=O)C(NC(=O)c1ccc(OC)cc1)C(C)=O. The van der Waals surface area contributed by atoms with Gasteiger partial charge in [-0.1, -0.05) is 0 Å². The lowest BCUT2D eigenvalue weighted by atomic mass is 10.1. The van der Waals surface area contributed by atoms with Crippen molar-refractivity contribution >= 4 is 17.7 Å². The summed E-state index contributed by atoms with van der Waals surface area (Å²) in [4.78, 5) is 34.5. The molecular formula is C13H15NO5. The molecule has 0 aliphatic rings. The van der Waals surface area contributed by atoms with Crippen LogP contribution in [-0.4, -0.2) is 37.9 Å². The molecule has 1 unspecified atom stereocenters. The summed E-state index contributed by atoms with van der Waals surface area (Å²) >= 11 is 0. The zero-order chi connectivity index (χ0) is 14.4. The number of rotatable bonds is 5. The van der Waals surface area contributed by atoms with Gasteiger partial charge in [-0.15, -0.1) is 0 Å². The molecule has 0 radical (unpaired) electrons. The van der Waals surface area contributed by atoms with E-state index in [2.05, 4.69) is 10.1 Å². The molecule has 1 amide bonds. The third kappa shape index (κ3) is 3.80. The summed E-state index contributed by atoms with van der Waals surface area (Å²) < 4.78 is 9.42. The minimum absolute atomic E-state index is 0.316. The van der Waals surface area contributed by atoms with Crippen molar-refractivity contribution in [2.45, 2.75) is 13.0 Å². The van der Waals surface area contributed by atoms with E-state index < -0.39 is 23.7 Å². The van der Waals surface area contributed by atoms with Crippen LogP contribution in [0.25, 0.3) is 0 Å². The topological polar surface area (TPSA) is 81.7 Å². The van der Waals surface area contributed by atoms with Crippen LogP contribution in [0.1, 0.15) is 17.3 Å². The number of ketones is 1. The van der Waals surface area contributed by atoms with Crippen LogP contribution in [0.4, 0.5) is 0 Å². The molecule has 0 saturated carbocycles. The van der Waals surface area contributed by atoms with Gasteiger partial charge in [0.15, 0.2) is 11.8 Å². The van der Waals surface area contributed by atoms with Crippen molar-refractivity contribution in [3.63, 3.8) is 0 Å². The maximum absolute atomic E-state index is 11.9. The molecule has 0 saturated heterocycles. The number of Topliss-reactive ketones (excluding diaryl/α,β-unsaturated/α-hetero) is 1. The Labute approximate surface area is 110 Å². The zero-order valence-corrected chi connectivity index (χ0v) is 10.9. The van der Waals surface area contributed by atoms with Gasteiger partial charge in [-0.05, 0) is 31.2 Å². The Morgan fingerprint density at radius 1 is 1.11 bits per heavy atom. The Morgan fingerprint density at radius 3 is 2.11 bits per heavy atom. The zero-order valence-electron chi connectivity index (χ0n) is 10.9. The lowest BCUT2D eigenvalue weighted by Crippen LogP contribution is -2.46. The number of esters is 1. The molecule has 0 fully saturated rings. The molecule has 0 aromatic heterocycles. The summed E-state index contributed by atoms with van der Waals surface area (Å²) in [6.07, 6.45) is 0. The van der Waals surface area contributed by atoms with Crippen molar-refractivity contribution < 1.29 is 23.9 Å². The summed E-state index contributed by atoms with van der Waals surface area (Å²) in [7, 11) is 2.66. The monoisotopic (exact) mass is 265 g/mol. The fourth-order valence-electron chi connectivity index (χ4n) is 1.40. The first-order valence-electron chi connectivity index (χ1n) is 5.52. The van der Waals surface area contributed by atoms with Crippen LogP contribution in [0, 0.1) is 0 Å². The summed E-state index contributed by atoms with van der Waals surface area (Å²) in [6, 6.07) is 4.98. The van der Waals surface area contributed by atoms with E-state index in [4.69, 9.17) is 4.74 Å². The van der Waals surface area contributed by atoms with Gasteiger partial charge < -0.3 is 14.8 Å². The van der Waals surface area contributed by atoms with Crippen molar-refractivity contribution in [3.05, 3.63) is 29.8 Å². The van der Waals surface area contributed by atoms with Gasteiger partial charge in [0.2, 0.25) is 0 Å². The summed E-state index contributed by atoms with van der Waals surface area (Å²) in [5.41, 5.74) is 0.316. The fraction of sp³-hybridized carbons (Fsp3) is 0.308. The van der Waals surface area contributed by atoms with Crippen molar-refractivity contribution in [1.82, 2.24) is 5.32 Å². The van der Waals surface area contributed by atoms with Crippen molar-refractivity contribution in [2.24, 2.45) is 0 Å². The smallest absolute Gasteiger partial charge is 0.336 e. The van der Waals surface area contributed by atoms with Crippen LogP contribution < -0.4 is 10.1 Å². The van der Waals surface area contributed by atoms with E-state index in [0.29, 0.717) is 11.3 Å². The van der Waals surface area contributed by atoms with Crippen LogP contribution in [-0.2, 0) is 14.3 Å². The highest BCUT2D eigenvalue weighted by Gasteiger charge is 2.26. The second-order valence-corrected chi connectivity index (χ2v) is 3.77. The Balaban J connectivity index is 2.81. The number of hydrogen-bond donors (Lipinski definition) is 1. The predicted octanol–water partition coefficient (Wildman–Crippen LogP) is 0.556. The minimum Gasteiger partial charge on any atom is -0.497 e. The first-order chi connectivity index (χ1) is 8.99. The molecule has 6 nitrogen and oxygen atoms in total. The maximum Gasteiger partial charge on any atom is 0.336 e. The highest BCUT2D eigenvalue weighted by atomic mass is 16.5. The molecule has 102 valence electrons. The summed E-state index contributed by atoms with van der Waals surface area (Å²) in [5.74, 6) is -1.22. The molecule has 1 atom stereocenters. The maximum atomic E-state index is 11.9. The quantitative estimate of drug-likeness (QED) is 0.621. The van der Waals surface area contributed by atoms with Gasteiger partial charge in [0.1, 0.15) is 5.75 Å². The second kappa shape index (κ2) is 6.53. The van der Waals surface area contributed by atoms with E-state index in [0.717, 1.165) is 7.11 Å². The molecular weight excluding hydrogens is 250 g/mol. The molecule has 1 aromatic rings. The Bertz CT molecular complexity index is 480. The standard InChI is InChI=1S/C13H15NO5/c1-8(15)11(13(17)19-3)14-12(16)9-4-6-10(18-2)7-5-9/h4-7,11H,1-3H3,(H,14,16). The number of carbonyl (C=O) groups excluding carboxylic acids is 3. The number of benzene rings is 1. The van der Waals surface area contributed by atoms with Crippen molar-refractivity contribution in [3.8, 4) is 5.75 Å². The third-order valence-corrected chi connectivity index (χ3v) is 2.47. The van der Waals surface area contributed by atoms with Crippen LogP contribution in [0.3, 0.4) is 0 Å². The number of amides is 1. The molecule has 0 bridgehead atoms. The number of carbonyl (C=O) groups is 3. The molecule has 1 aromatic carbocycles. The normalized spacial score (nSPS) is 11.3. The third-order valence-electron chi connectivity index (χ3n) is 2.47. The molecule has 0 heterocycles. The molecule has 1 N–H and O–H groups in total. The van der Waals surface area contributed by atoms with E-state index >= 15 is 0 Å².